The zero-order chi connectivity index (χ0) is 33.6. The van der Waals surface area contributed by atoms with Crippen LogP contribution in [0.2, 0.25) is 0 Å². The Bertz CT molecular complexity index is 1660. The molecule has 6 N–H and O–H groups in total. The van der Waals surface area contributed by atoms with Crippen molar-refractivity contribution in [3.63, 3.8) is 0 Å². The van der Waals surface area contributed by atoms with Crippen molar-refractivity contribution in [3.8, 4) is 22.5 Å². The topological polar surface area (TPSA) is 208 Å². The second kappa shape index (κ2) is 14.4. The number of tetrazole rings is 1. The first-order valence-corrected chi connectivity index (χ1v) is 15.6. The molecule has 1 aliphatic carbocycles. The lowest BCUT2D eigenvalue weighted by Gasteiger charge is -2.36. The number of nitrogens with one attached hydrogen (secondary N) is 2. The molecule has 0 saturated heterocycles. The van der Waals surface area contributed by atoms with Gasteiger partial charge in [0.25, 0.3) is 0 Å². The predicted molar refractivity (Wildman–Crippen MR) is 175 cm³/mol. The molecule has 0 aliphatic heterocycles. The number of nitrogen functional groups attached to an aromatic ring is 1. The second-order valence-corrected chi connectivity index (χ2v) is 12.7. The highest BCUT2D eigenvalue weighted by molar-refractivity contribution is 6.01. The molecular formula is C33H40N10O4. The van der Waals surface area contributed by atoms with Gasteiger partial charge in [-0.2, -0.15) is 5.21 Å². The van der Waals surface area contributed by atoms with Gasteiger partial charge in [-0.05, 0) is 93.0 Å². The summed E-state index contributed by atoms with van der Waals surface area (Å²) >= 11 is 0. The highest BCUT2D eigenvalue weighted by Gasteiger charge is 2.36. The number of aromatic amines is 1. The summed E-state index contributed by atoms with van der Waals surface area (Å²) in [6, 6.07) is 13.7. The van der Waals surface area contributed by atoms with Gasteiger partial charge in [-0.25, -0.2) is 14.8 Å². The van der Waals surface area contributed by atoms with Crippen LogP contribution in [0.4, 0.5) is 16.4 Å². The molecule has 0 spiro atoms. The molecule has 4 aromatic rings. The quantitative estimate of drug-likeness (QED) is 0.198. The van der Waals surface area contributed by atoms with Crippen LogP contribution in [0.3, 0.4) is 0 Å². The number of benzene rings is 2. The third kappa shape index (κ3) is 8.66. The molecule has 1 aliphatic rings. The molecule has 5 rings (SSSR count). The fraction of sp³-hybridized carbons (Fsp3) is 0.394. The van der Waals surface area contributed by atoms with E-state index in [1.807, 2.05) is 45.0 Å². The Hall–Kier alpha value is -5.40. The van der Waals surface area contributed by atoms with Crippen LogP contribution in [0.15, 0.2) is 60.9 Å². The summed E-state index contributed by atoms with van der Waals surface area (Å²) in [5.41, 5.74) is 14.8. The molecule has 2 heterocycles. The van der Waals surface area contributed by atoms with Gasteiger partial charge in [0, 0.05) is 48.1 Å². The summed E-state index contributed by atoms with van der Waals surface area (Å²) in [6.07, 6.45) is 5.69. The number of rotatable bonds is 10. The molecule has 2 aromatic carbocycles. The number of amides is 3. The van der Waals surface area contributed by atoms with E-state index < -0.39 is 23.6 Å². The zero-order valence-corrected chi connectivity index (χ0v) is 26.7. The fourth-order valence-corrected chi connectivity index (χ4v) is 5.78. The average molecular weight is 641 g/mol. The van der Waals surface area contributed by atoms with E-state index in [2.05, 4.69) is 35.9 Å². The fourth-order valence-electron chi connectivity index (χ4n) is 5.78. The molecule has 0 bridgehead atoms. The average Bonchev–Trinajstić information content (AvgIpc) is 3.59. The van der Waals surface area contributed by atoms with Crippen LogP contribution in [0.25, 0.3) is 22.5 Å². The smallest absolute Gasteiger partial charge is 0.407 e. The predicted octanol–water partition coefficient (Wildman–Crippen LogP) is 3.67. The van der Waals surface area contributed by atoms with Gasteiger partial charge in [0.2, 0.25) is 23.6 Å². The van der Waals surface area contributed by atoms with Crippen LogP contribution in [-0.4, -0.2) is 66.7 Å². The van der Waals surface area contributed by atoms with E-state index in [0.29, 0.717) is 36.5 Å². The van der Waals surface area contributed by atoms with Crippen LogP contribution in [0.5, 0.6) is 0 Å². The maximum atomic E-state index is 14.4. The van der Waals surface area contributed by atoms with Crippen molar-refractivity contribution in [3.05, 3.63) is 66.5 Å². The van der Waals surface area contributed by atoms with Gasteiger partial charge in [-0.1, -0.05) is 24.3 Å². The Kier molecular flexibility index (Phi) is 10.1. The lowest BCUT2D eigenvalue weighted by molar-refractivity contribution is -0.127. The molecule has 1 fully saturated rings. The number of alkyl carbamates (subject to hydrolysis) is 1. The van der Waals surface area contributed by atoms with Gasteiger partial charge in [-0.15, -0.1) is 10.2 Å². The Morgan fingerprint density at radius 1 is 1.00 bits per heavy atom. The Morgan fingerprint density at radius 3 is 2.32 bits per heavy atom. The Labute approximate surface area is 272 Å². The molecule has 14 heteroatoms. The number of anilines is 2. The van der Waals surface area contributed by atoms with Crippen molar-refractivity contribution in [2.75, 3.05) is 17.2 Å². The maximum absolute atomic E-state index is 14.4. The molecule has 0 unspecified atom stereocenters. The molecule has 2 aromatic heterocycles. The summed E-state index contributed by atoms with van der Waals surface area (Å²) in [4.78, 5) is 49.4. The zero-order valence-electron chi connectivity index (χ0n) is 26.7. The first-order chi connectivity index (χ1) is 22.5. The van der Waals surface area contributed by atoms with E-state index in [9.17, 15) is 14.4 Å². The molecule has 246 valence electrons. The number of ether oxygens (including phenoxy) is 1. The number of carbonyl (C=O) groups excluding carboxylic acids is 3. The van der Waals surface area contributed by atoms with Crippen LogP contribution in [0, 0.1) is 11.8 Å². The number of hydrogen-bond acceptors (Lipinski definition) is 10. The lowest BCUT2D eigenvalue weighted by Crippen LogP contribution is -2.52. The van der Waals surface area contributed by atoms with Crippen LogP contribution >= 0.6 is 0 Å². The number of carbonyl (C=O) groups is 3. The summed E-state index contributed by atoms with van der Waals surface area (Å²) in [6.45, 7) is 5.92. The maximum Gasteiger partial charge on any atom is 0.407 e. The molecule has 0 radical (unpaired) electrons. The van der Waals surface area contributed by atoms with Crippen molar-refractivity contribution in [2.24, 2.45) is 17.6 Å². The van der Waals surface area contributed by atoms with Gasteiger partial charge in [0.1, 0.15) is 11.6 Å². The number of primary amides is 1. The summed E-state index contributed by atoms with van der Waals surface area (Å²) in [7, 11) is 0. The number of nitrogens with two attached hydrogens (primary N) is 2. The minimum absolute atomic E-state index is 0.173. The molecule has 3 amide bonds. The molecule has 47 heavy (non-hydrogen) atoms. The van der Waals surface area contributed by atoms with Crippen molar-refractivity contribution < 1.29 is 19.1 Å². The number of H-pyrrole nitrogens is 1. The summed E-state index contributed by atoms with van der Waals surface area (Å²) in [5.74, 6) is -0.347. The Balaban J connectivity index is 1.37. The van der Waals surface area contributed by atoms with Crippen molar-refractivity contribution in [1.29, 1.82) is 0 Å². The molecular weight excluding hydrogens is 600 g/mol. The van der Waals surface area contributed by atoms with Crippen molar-refractivity contribution >= 4 is 29.5 Å². The van der Waals surface area contributed by atoms with Crippen molar-refractivity contribution in [2.45, 2.75) is 64.5 Å². The minimum Gasteiger partial charge on any atom is -0.444 e. The van der Waals surface area contributed by atoms with E-state index >= 15 is 0 Å². The highest BCUT2D eigenvalue weighted by atomic mass is 16.6. The highest BCUT2D eigenvalue weighted by Crippen LogP contribution is 2.33. The van der Waals surface area contributed by atoms with Gasteiger partial charge in [-0.3, -0.25) is 14.5 Å². The van der Waals surface area contributed by atoms with Gasteiger partial charge in [0.05, 0.1) is 0 Å². The summed E-state index contributed by atoms with van der Waals surface area (Å²) < 4.78 is 5.36. The molecule has 1 atom stereocenters. The van der Waals surface area contributed by atoms with E-state index in [1.54, 1.807) is 36.7 Å². The number of nitrogens with zero attached hydrogens (tertiary/aromatic N) is 6. The van der Waals surface area contributed by atoms with E-state index in [-0.39, 0.29) is 30.1 Å². The van der Waals surface area contributed by atoms with Gasteiger partial charge >= 0.3 is 6.09 Å². The van der Waals surface area contributed by atoms with Gasteiger partial charge < -0.3 is 21.5 Å². The van der Waals surface area contributed by atoms with E-state index in [1.165, 1.54) is 4.90 Å². The second-order valence-electron chi connectivity index (χ2n) is 12.7. The first-order valence-electron chi connectivity index (χ1n) is 15.6. The van der Waals surface area contributed by atoms with Crippen LogP contribution < -0.4 is 21.7 Å². The third-order valence-electron chi connectivity index (χ3n) is 8.12. The van der Waals surface area contributed by atoms with Crippen LogP contribution in [0.1, 0.15) is 52.0 Å². The molecule has 14 nitrogen and oxygen atoms in total. The first kappa shape index (κ1) is 33.0. The molecule has 1 saturated carbocycles. The summed E-state index contributed by atoms with van der Waals surface area (Å²) in [5, 5.41) is 16.9. The number of hydrogen-bond donors (Lipinski definition) is 4. The lowest BCUT2D eigenvalue weighted by atomic mass is 9.81. The normalized spacial score (nSPS) is 17.0. The Morgan fingerprint density at radius 2 is 1.70 bits per heavy atom. The van der Waals surface area contributed by atoms with E-state index in [0.717, 1.165) is 29.5 Å². The SMILES string of the molecule is CC(C)(C)OC(=O)NCC1CCC(C(=O)N(c2ccc(-c3nn[nH]n3)cc2)[C@@H](Cc2cccc(-c3cnc(N)nc3)c2)C(N)=O)CC1. The number of aromatic nitrogens is 6. The van der Waals surface area contributed by atoms with Crippen LogP contribution in [-0.2, 0) is 20.7 Å². The minimum atomic E-state index is -0.969. The third-order valence-corrected chi connectivity index (χ3v) is 8.12. The van der Waals surface area contributed by atoms with E-state index in [4.69, 9.17) is 16.2 Å². The van der Waals surface area contributed by atoms with Crippen molar-refractivity contribution in [1.82, 2.24) is 35.9 Å². The van der Waals surface area contributed by atoms with Gasteiger partial charge in [0.15, 0.2) is 0 Å². The largest absolute Gasteiger partial charge is 0.444 e. The standard InChI is InChI=1S/C33H40N10O4/c1-33(2,3)47-32(46)38-17-20-7-9-23(10-8-20)30(45)43(26-13-11-22(12-14-26)29-39-41-42-40-29)27(28(34)44)16-21-5-4-6-24(15-21)25-18-36-31(35)37-19-25/h4-6,11-15,18-20,23,27H,7-10,16-17H2,1-3H3,(H2,34,44)(H,38,46)(H2,35,36,37)(H,39,40,41,42)/t20?,23?,27-/m0/s1. The monoisotopic (exact) mass is 640 g/mol.